The van der Waals surface area contributed by atoms with Crippen LogP contribution in [0.15, 0.2) is 55.1 Å². The average molecular weight is 387 g/mol. The summed E-state index contributed by atoms with van der Waals surface area (Å²) in [5, 5.41) is 11.1. The number of benzene rings is 1. The Hall–Kier alpha value is -3.81. The number of carbonyl (C=O) groups is 1. The van der Waals surface area contributed by atoms with Crippen LogP contribution in [-0.2, 0) is 13.5 Å². The second-order valence-corrected chi connectivity index (χ2v) is 6.56. The van der Waals surface area contributed by atoms with Gasteiger partial charge >= 0.3 is 0 Å². The summed E-state index contributed by atoms with van der Waals surface area (Å²) < 4.78 is 1.78. The zero-order valence-corrected chi connectivity index (χ0v) is 16.3. The predicted octanol–water partition coefficient (Wildman–Crippen LogP) is 2.44. The molecular formula is C21H21N7O. The third-order valence-corrected chi connectivity index (χ3v) is 4.78. The molecule has 0 fully saturated rings. The maximum absolute atomic E-state index is 12.1. The molecule has 3 heterocycles. The van der Waals surface area contributed by atoms with Crippen molar-refractivity contribution in [1.29, 1.82) is 0 Å². The minimum Gasteiger partial charge on any atom is -0.370 e. The van der Waals surface area contributed by atoms with E-state index in [4.69, 9.17) is 0 Å². The van der Waals surface area contributed by atoms with E-state index >= 15 is 0 Å². The summed E-state index contributed by atoms with van der Waals surface area (Å²) in [6.45, 7) is 0.673. The Kier molecular flexibility index (Phi) is 5.15. The molecule has 0 atom stereocenters. The van der Waals surface area contributed by atoms with Gasteiger partial charge in [0.2, 0.25) is 0 Å². The van der Waals surface area contributed by atoms with Crippen molar-refractivity contribution in [2.24, 2.45) is 7.05 Å². The molecule has 0 bridgehead atoms. The lowest BCUT2D eigenvalue weighted by Crippen LogP contribution is -2.18. The summed E-state index contributed by atoms with van der Waals surface area (Å²) in [4.78, 5) is 25.2. The highest BCUT2D eigenvalue weighted by Gasteiger charge is 2.11. The molecule has 1 amide bonds. The Balaban J connectivity index is 1.51. The van der Waals surface area contributed by atoms with Gasteiger partial charge in [-0.1, -0.05) is 18.2 Å². The standard InChI is InChI=1S/C21H21N7O/c1-22-21(29)16-7-10-24-20-14(4-3-5-15(16)20)6-9-23-19-12-17(25-13-26-19)18-8-11-27-28(18)2/h3-5,7-8,10-13H,6,9H2,1-2H3,(H,22,29)(H,23,25,26). The molecular weight excluding hydrogens is 366 g/mol. The number of aryl methyl sites for hydroxylation is 1. The summed E-state index contributed by atoms with van der Waals surface area (Å²) in [7, 11) is 3.51. The molecule has 146 valence electrons. The van der Waals surface area contributed by atoms with Crippen LogP contribution in [0.3, 0.4) is 0 Å². The number of fused-ring (bicyclic) bond motifs is 1. The van der Waals surface area contributed by atoms with E-state index in [2.05, 4.69) is 30.7 Å². The van der Waals surface area contributed by atoms with Crippen LogP contribution >= 0.6 is 0 Å². The first-order valence-corrected chi connectivity index (χ1v) is 9.30. The maximum atomic E-state index is 12.1. The van der Waals surface area contributed by atoms with E-state index in [1.165, 1.54) is 0 Å². The number of nitrogens with one attached hydrogen (secondary N) is 2. The highest BCUT2D eigenvalue weighted by molar-refractivity contribution is 6.06. The summed E-state index contributed by atoms with van der Waals surface area (Å²) in [5.74, 6) is 0.631. The van der Waals surface area contributed by atoms with Gasteiger partial charge in [0.15, 0.2) is 0 Å². The van der Waals surface area contributed by atoms with Crippen LogP contribution in [0.5, 0.6) is 0 Å². The predicted molar refractivity (Wildman–Crippen MR) is 112 cm³/mol. The SMILES string of the molecule is CNC(=O)c1ccnc2c(CCNc3cc(-c4ccnn4C)ncn3)cccc12. The smallest absolute Gasteiger partial charge is 0.251 e. The molecule has 0 aliphatic heterocycles. The van der Waals surface area contributed by atoms with Gasteiger partial charge in [0.1, 0.15) is 12.1 Å². The summed E-state index contributed by atoms with van der Waals surface area (Å²) in [5.41, 5.74) is 4.28. The summed E-state index contributed by atoms with van der Waals surface area (Å²) >= 11 is 0. The molecule has 3 aromatic heterocycles. The lowest BCUT2D eigenvalue weighted by atomic mass is 10.0. The Bertz CT molecular complexity index is 1170. The Morgan fingerprint density at radius 1 is 1.10 bits per heavy atom. The first-order valence-electron chi connectivity index (χ1n) is 9.30. The number of carbonyl (C=O) groups excluding carboxylic acids is 1. The van der Waals surface area contributed by atoms with E-state index in [1.54, 1.807) is 36.5 Å². The highest BCUT2D eigenvalue weighted by atomic mass is 16.1. The number of aromatic nitrogens is 5. The van der Waals surface area contributed by atoms with Gasteiger partial charge in [-0.15, -0.1) is 0 Å². The second kappa shape index (κ2) is 8.05. The minimum atomic E-state index is -0.114. The first-order chi connectivity index (χ1) is 14.2. The lowest BCUT2D eigenvalue weighted by molar-refractivity contribution is 0.0964. The number of hydrogen-bond donors (Lipinski definition) is 2. The molecule has 4 rings (SSSR count). The Morgan fingerprint density at radius 2 is 2.00 bits per heavy atom. The molecule has 8 heteroatoms. The van der Waals surface area contributed by atoms with Crippen molar-refractivity contribution >= 4 is 22.6 Å². The number of pyridine rings is 1. The van der Waals surface area contributed by atoms with E-state index in [0.29, 0.717) is 12.1 Å². The zero-order chi connectivity index (χ0) is 20.2. The Labute approximate surface area is 168 Å². The molecule has 0 aliphatic rings. The summed E-state index contributed by atoms with van der Waals surface area (Å²) in [6.07, 6.45) is 5.70. The van der Waals surface area contributed by atoms with E-state index < -0.39 is 0 Å². The van der Waals surface area contributed by atoms with Gasteiger partial charge < -0.3 is 10.6 Å². The van der Waals surface area contributed by atoms with Crippen LogP contribution < -0.4 is 10.6 Å². The molecule has 0 unspecified atom stereocenters. The van der Waals surface area contributed by atoms with E-state index in [1.807, 2.05) is 37.4 Å². The molecule has 29 heavy (non-hydrogen) atoms. The van der Waals surface area contributed by atoms with E-state index in [9.17, 15) is 4.79 Å². The van der Waals surface area contributed by atoms with Crippen molar-refractivity contribution < 1.29 is 4.79 Å². The van der Waals surface area contributed by atoms with Crippen molar-refractivity contribution in [2.45, 2.75) is 6.42 Å². The monoisotopic (exact) mass is 387 g/mol. The van der Waals surface area contributed by atoms with Gasteiger partial charge in [-0.05, 0) is 24.1 Å². The quantitative estimate of drug-likeness (QED) is 0.527. The fraction of sp³-hybridized carbons (Fsp3) is 0.190. The summed E-state index contributed by atoms with van der Waals surface area (Å²) in [6, 6.07) is 11.5. The van der Waals surface area contributed by atoms with Gasteiger partial charge in [0, 0.05) is 44.5 Å². The number of amides is 1. The molecule has 4 aromatic rings. The topological polar surface area (TPSA) is 97.6 Å². The number of nitrogens with zero attached hydrogens (tertiary/aromatic N) is 5. The van der Waals surface area contributed by atoms with Crippen LogP contribution in [0.4, 0.5) is 5.82 Å². The van der Waals surface area contributed by atoms with Crippen molar-refractivity contribution in [3.63, 3.8) is 0 Å². The second-order valence-electron chi connectivity index (χ2n) is 6.56. The normalized spacial score (nSPS) is 10.8. The maximum Gasteiger partial charge on any atom is 0.251 e. The largest absolute Gasteiger partial charge is 0.370 e. The fourth-order valence-electron chi connectivity index (χ4n) is 3.32. The third kappa shape index (κ3) is 3.77. The Morgan fingerprint density at radius 3 is 2.79 bits per heavy atom. The number of hydrogen-bond acceptors (Lipinski definition) is 6. The van der Waals surface area contributed by atoms with Gasteiger partial charge in [-0.25, -0.2) is 9.97 Å². The average Bonchev–Trinajstić information content (AvgIpc) is 3.19. The first kappa shape index (κ1) is 18.5. The molecule has 2 N–H and O–H groups in total. The molecule has 0 saturated carbocycles. The van der Waals surface area contributed by atoms with Crippen LogP contribution in [0.25, 0.3) is 22.3 Å². The van der Waals surface area contributed by atoms with Crippen molar-refractivity contribution in [2.75, 3.05) is 18.9 Å². The van der Waals surface area contributed by atoms with Gasteiger partial charge in [0.05, 0.1) is 22.5 Å². The van der Waals surface area contributed by atoms with E-state index in [0.717, 1.165) is 40.1 Å². The molecule has 0 aliphatic carbocycles. The molecule has 0 spiro atoms. The molecule has 8 nitrogen and oxygen atoms in total. The molecule has 1 aromatic carbocycles. The van der Waals surface area contributed by atoms with Crippen LogP contribution in [-0.4, -0.2) is 44.2 Å². The van der Waals surface area contributed by atoms with Crippen molar-refractivity contribution in [1.82, 2.24) is 30.0 Å². The van der Waals surface area contributed by atoms with Gasteiger partial charge in [-0.2, -0.15) is 5.10 Å². The minimum absolute atomic E-state index is 0.114. The molecule has 0 saturated heterocycles. The van der Waals surface area contributed by atoms with Crippen LogP contribution in [0, 0.1) is 0 Å². The fourth-order valence-corrected chi connectivity index (χ4v) is 3.32. The number of rotatable bonds is 6. The zero-order valence-electron chi connectivity index (χ0n) is 16.3. The third-order valence-electron chi connectivity index (χ3n) is 4.78. The van der Waals surface area contributed by atoms with Crippen molar-refractivity contribution in [3.8, 4) is 11.4 Å². The van der Waals surface area contributed by atoms with Crippen LogP contribution in [0.1, 0.15) is 15.9 Å². The van der Waals surface area contributed by atoms with Gasteiger partial charge in [-0.3, -0.25) is 14.5 Å². The number of para-hydroxylation sites is 1. The van der Waals surface area contributed by atoms with E-state index in [-0.39, 0.29) is 5.91 Å². The lowest BCUT2D eigenvalue weighted by Gasteiger charge is -2.10. The van der Waals surface area contributed by atoms with Crippen LogP contribution in [0.2, 0.25) is 0 Å². The number of anilines is 1. The van der Waals surface area contributed by atoms with Gasteiger partial charge in [0.25, 0.3) is 5.91 Å². The molecule has 0 radical (unpaired) electrons. The highest BCUT2D eigenvalue weighted by Crippen LogP contribution is 2.21. The van der Waals surface area contributed by atoms with Crippen molar-refractivity contribution in [3.05, 3.63) is 66.2 Å².